The Morgan fingerprint density at radius 2 is 2.14 bits per heavy atom. The molecule has 7 nitrogen and oxygen atoms in total. The van der Waals surface area contributed by atoms with Crippen molar-refractivity contribution >= 4 is 16.0 Å². The van der Waals surface area contributed by atoms with E-state index in [1.165, 1.54) is 13.2 Å². The van der Waals surface area contributed by atoms with Crippen LogP contribution in [0.3, 0.4) is 0 Å². The van der Waals surface area contributed by atoms with Crippen LogP contribution in [0.1, 0.15) is 30.1 Å². The summed E-state index contributed by atoms with van der Waals surface area (Å²) in [5, 5.41) is 2.97. The molecule has 0 aromatic carbocycles. The molecule has 2 rings (SSSR count). The largest absolute Gasteiger partial charge is 0.465 e. The molecule has 1 aromatic rings. The van der Waals surface area contributed by atoms with Crippen LogP contribution in [-0.4, -0.2) is 41.1 Å². The number of carbonyl (C=O) groups is 1. The van der Waals surface area contributed by atoms with Crippen molar-refractivity contribution in [2.24, 2.45) is 5.41 Å². The molecule has 0 amide bonds. The molecule has 8 heteroatoms. The molecular formula is C13H20N2O5S. The Balaban J connectivity index is 2.04. The van der Waals surface area contributed by atoms with E-state index >= 15 is 0 Å². The number of nitrogens with one attached hydrogen (secondary N) is 2. The SMILES string of the molecule is COC(=O)c1coc(S(=O)(=O)NCC2(C)CCNCC2)c1. The first kappa shape index (κ1) is 16.0. The summed E-state index contributed by atoms with van der Waals surface area (Å²) in [6.07, 6.45) is 2.88. The van der Waals surface area contributed by atoms with Crippen molar-refractivity contribution in [1.29, 1.82) is 0 Å². The first-order valence-corrected chi connectivity index (χ1v) is 8.22. The summed E-state index contributed by atoms with van der Waals surface area (Å²) >= 11 is 0. The second-order valence-electron chi connectivity index (χ2n) is 5.53. The van der Waals surface area contributed by atoms with E-state index < -0.39 is 16.0 Å². The molecule has 1 aliphatic heterocycles. The van der Waals surface area contributed by atoms with Gasteiger partial charge in [-0.05, 0) is 31.3 Å². The van der Waals surface area contributed by atoms with Gasteiger partial charge in [0.15, 0.2) is 0 Å². The van der Waals surface area contributed by atoms with Crippen molar-refractivity contribution in [3.8, 4) is 0 Å². The van der Waals surface area contributed by atoms with E-state index in [2.05, 4.69) is 21.7 Å². The van der Waals surface area contributed by atoms with Gasteiger partial charge in [-0.25, -0.2) is 17.9 Å². The van der Waals surface area contributed by atoms with Gasteiger partial charge >= 0.3 is 5.97 Å². The van der Waals surface area contributed by atoms with Crippen molar-refractivity contribution in [1.82, 2.24) is 10.0 Å². The number of esters is 1. The lowest BCUT2D eigenvalue weighted by Gasteiger charge is -2.33. The molecule has 0 aliphatic carbocycles. The minimum Gasteiger partial charge on any atom is -0.465 e. The fourth-order valence-corrected chi connectivity index (χ4v) is 3.37. The maximum absolute atomic E-state index is 12.2. The molecule has 1 aromatic heterocycles. The standard InChI is InChI=1S/C13H20N2O5S/c1-13(3-5-14-6-4-13)9-15-21(17,18)11-7-10(8-20-11)12(16)19-2/h7-8,14-15H,3-6,9H2,1-2H3. The monoisotopic (exact) mass is 316 g/mol. The smallest absolute Gasteiger partial charge is 0.341 e. The summed E-state index contributed by atoms with van der Waals surface area (Å²) in [6, 6.07) is 1.17. The number of methoxy groups -OCH3 is 1. The molecule has 0 spiro atoms. The zero-order valence-corrected chi connectivity index (χ0v) is 13.0. The van der Waals surface area contributed by atoms with E-state index in [1.54, 1.807) is 0 Å². The van der Waals surface area contributed by atoms with E-state index in [-0.39, 0.29) is 16.1 Å². The molecule has 0 bridgehead atoms. The fourth-order valence-electron chi connectivity index (χ4n) is 2.23. The number of ether oxygens (including phenoxy) is 1. The second kappa shape index (κ2) is 6.17. The van der Waals surface area contributed by atoms with E-state index in [4.69, 9.17) is 4.42 Å². The highest BCUT2D eigenvalue weighted by Gasteiger charge is 2.30. The number of hydrogen-bond acceptors (Lipinski definition) is 6. The summed E-state index contributed by atoms with van der Waals surface area (Å²) in [7, 11) is -2.54. The van der Waals surface area contributed by atoms with Crippen LogP contribution >= 0.6 is 0 Å². The van der Waals surface area contributed by atoms with Crippen molar-refractivity contribution in [2.45, 2.75) is 24.9 Å². The van der Waals surface area contributed by atoms with Crippen LogP contribution in [0.4, 0.5) is 0 Å². The van der Waals surface area contributed by atoms with Gasteiger partial charge in [0.25, 0.3) is 10.0 Å². The average Bonchev–Trinajstić information content (AvgIpc) is 2.96. The maximum atomic E-state index is 12.2. The van der Waals surface area contributed by atoms with Crippen molar-refractivity contribution < 1.29 is 22.4 Å². The molecule has 0 unspecified atom stereocenters. The predicted molar refractivity (Wildman–Crippen MR) is 75.4 cm³/mol. The zero-order chi connectivity index (χ0) is 15.5. The molecule has 2 N–H and O–H groups in total. The quantitative estimate of drug-likeness (QED) is 0.777. The van der Waals surface area contributed by atoms with E-state index in [9.17, 15) is 13.2 Å². The second-order valence-corrected chi connectivity index (χ2v) is 7.23. The van der Waals surface area contributed by atoms with Gasteiger partial charge in [0.1, 0.15) is 6.26 Å². The number of furan rings is 1. The first-order chi connectivity index (χ1) is 9.86. The molecule has 1 aliphatic rings. The Bertz CT molecular complexity index is 602. The molecule has 118 valence electrons. The van der Waals surface area contributed by atoms with Gasteiger partial charge in [0.2, 0.25) is 5.09 Å². The average molecular weight is 316 g/mol. The third kappa shape index (κ3) is 3.84. The van der Waals surface area contributed by atoms with Crippen molar-refractivity contribution in [2.75, 3.05) is 26.7 Å². The highest BCUT2D eigenvalue weighted by Crippen LogP contribution is 2.27. The Kier molecular flexibility index (Phi) is 4.70. The van der Waals surface area contributed by atoms with Crippen LogP contribution < -0.4 is 10.0 Å². The Morgan fingerprint density at radius 1 is 1.48 bits per heavy atom. The number of rotatable bonds is 5. The van der Waals surface area contributed by atoms with Crippen LogP contribution in [0.2, 0.25) is 0 Å². The minimum absolute atomic E-state index is 0.0733. The molecule has 0 atom stereocenters. The fraction of sp³-hybridized carbons (Fsp3) is 0.615. The lowest BCUT2D eigenvalue weighted by atomic mass is 9.81. The van der Waals surface area contributed by atoms with E-state index in [0.29, 0.717) is 6.54 Å². The molecule has 1 saturated heterocycles. The van der Waals surface area contributed by atoms with Crippen LogP contribution in [-0.2, 0) is 14.8 Å². The van der Waals surface area contributed by atoms with Gasteiger partial charge in [-0.15, -0.1) is 0 Å². The Hall–Kier alpha value is -1.38. The van der Waals surface area contributed by atoms with Gasteiger partial charge < -0.3 is 14.5 Å². The number of sulfonamides is 1. The number of piperidine rings is 1. The molecule has 0 radical (unpaired) electrons. The van der Waals surface area contributed by atoms with Gasteiger partial charge in [-0.3, -0.25) is 0 Å². The third-order valence-electron chi connectivity index (χ3n) is 3.76. The first-order valence-electron chi connectivity index (χ1n) is 6.74. The lowest BCUT2D eigenvalue weighted by molar-refractivity contribution is 0.0600. The predicted octanol–water partition coefficient (Wildman–Crippen LogP) is 0.734. The minimum atomic E-state index is -3.76. The van der Waals surface area contributed by atoms with Gasteiger partial charge in [-0.1, -0.05) is 6.92 Å². The Labute approximate surface area is 124 Å². The van der Waals surface area contributed by atoms with E-state index in [1.807, 2.05) is 0 Å². The number of carbonyl (C=O) groups excluding carboxylic acids is 1. The summed E-state index contributed by atoms with van der Waals surface area (Å²) in [6.45, 7) is 4.15. The highest BCUT2D eigenvalue weighted by atomic mass is 32.2. The van der Waals surface area contributed by atoms with Gasteiger partial charge in [0.05, 0.1) is 12.7 Å². The molecular weight excluding hydrogens is 296 g/mol. The molecule has 21 heavy (non-hydrogen) atoms. The number of hydrogen-bond donors (Lipinski definition) is 2. The third-order valence-corrected chi connectivity index (χ3v) is 5.03. The summed E-state index contributed by atoms with van der Waals surface area (Å²) in [5.41, 5.74) is 0.00164. The van der Waals surface area contributed by atoms with Gasteiger partial charge in [0, 0.05) is 12.6 Å². The van der Waals surface area contributed by atoms with E-state index in [0.717, 1.165) is 32.2 Å². The lowest BCUT2D eigenvalue weighted by Crippen LogP contribution is -2.42. The van der Waals surface area contributed by atoms with Crippen LogP contribution in [0.25, 0.3) is 0 Å². The zero-order valence-electron chi connectivity index (χ0n) is 12.1. The summed E-state index contributed by atoms with van der Waals surface area (Å²) in [5.74, 6) is -0.634. The Morgan fingerprint density at radius 3 is 2.76 bits per heavy atom. The molecule has 0 saturated carbocycles. The maximum Gasteiger partial charge on any atom is 0.341 e. The van der Waals surface area contributed by atoms with Crippen molar-refractivity contribution in [3.05, 3.63) is 17.9 Å². The normalized spacial score (nSPS) is 18.4. The van der Waals surface area contributed by atoms with Crippen LogP contribution in [0.15, 0.2) is 21.8 Å². The topological polar surface area (TPSA) is 97.6 Å². The molecule has 1 fully saturated rings. The highest BCUT2D eigenvalue weighted by molar-refractivity contribution is 7.89. The van der Waals surface area contributed by atoms with Crippen LogP contribution in [0, 0.1) is 5.41 Å². The van der Waals surface area contributed by atoms with Gasteiger partial charge in [-0.2, -0.15) is 0 Å². The summed E-state index contributed by atoms with van der Waals surface area (Å²) < 4.78 is 36.4. The molecule has 2 heterocycles. The summed E-state index contributed by atoms with van der Waals surface area (Å²) in [4.78, 5) is 11.3. The van der Waals surface area contributed by atoms with Crippen molar-refractivity contribution in [3.63, 3.8) is 0 Å². The van der Waals surface area contributed by atoms with Crippen LogP contribution in [0.5, 0.6) is 0 Å².